The van der Waals surface area contributed by atoms with E-state index in [0.29, 0.717) is 0 Å². The molecule has 0 radical (unpaired) electrons. The Morgan fingerprint density at radius 1 is 1.41 bits per heavy atom. The largest absolute Gasteiger partial charge is 0.314 e. The van der Waals surface area contributed by atoms with Crippen LogP contribution >= 0.6 is 0 Å². The van der Waals surface area contributed by atoms with E-state index in [2.05, 4.69) is 28.4 Å². The minimum absolute atomic E-state index is 0.736. The molecule has 0 spiro atoms. The number of hydrogen-bond acceptors (Lipinski definition) is 3. The fourth-order valence-corrected chi connectivity index (χ4v) is 2.46. The Balaban J connectivity index is 1.72. The highest BCUT2D eigenvalue weighted by Gasteiger charge is 2.18. The fraction of sp³-hybridized carbons (Fsp3) is 0.769. The molecule has 4 heteroatoms. The topological polar surface area (TPSA) is 33.1 Å². The zero-order chi connectivity index (χ0) is 12.1. The van der Waals surface area contributed by atoms with Gasteiger partial charge in [-0.2, -0.15) is 5.10 Å². The molecule has 0 saturated carbocycles. The SMILES string of the molecule is CCCNC1CCN(Cc2cnn(C)c2)CC1. The summed E-state index contributed by atoms with van der Waals surface area (Å²) in [5, 5.41) is 7.83. The van der Waals surface area contributed by atoms with Gasteiger partial charge in [0.25, 0.3) is 0 Å². The standard InChI is InChI=1S/C13H24N4/c1-3-6-14-13-4-7-17(8-5-13)11-12-9-15-16(2)10-12/h9-10,13-14H,3-8,11H2,1-2H3. The third kappa shape index (κ3) is 3.82. The molecule has 1 aliphatic rings. The summed E-state index contributed by atoms with van der Waals surface area (Å²) in [6, 6.07) is 0.736. The molecule has 1 fully saturated rings. The molecule has 1 saturated heterocycles. The smallest absolute Gasteiger partial charge is 0.0534 e. The summed E-state index contributed by atoms with van der Waals surface area (Å²) >= 11 is 0. The maximum Gasteiger partial charge on any atom is 0.0534 e. The highest BCUT2D eigenvalue weighted by atomic mass is 15.2. The lowest BCUT2D eigenvalue weighted by atomic mass is 10.0. The van der Waals surface area contributed by atoms with Crippen molar-refractivity contribution in [2.24, 2.45) is 7.05 Å². The molecule has 2 heterocycles. The average molecular weight is 236 g/mol. The monoisotopic (exact) mass is 236 g/mol. The van der Waals surface area contributed by atoms with Crippen LogP contribution in [0.15, 0.2) is 12.4 Å². The first kappa shape index (κ1) is 12.6. The molecular weight excluding hydrogens is 212 g/mol. The molecular formula is C13H24N4. The van der Waals surface area contributed by atoms with Gasteiger partial charge in [-0.25, -0.2) is 0 Å². The Kier molecular flexibility index (Phi) is 4.57. The Bertz CT molecular complexity index is 326. The molecule has 1 aliphatic heterocycles. The van der Waals surface area contributed by atoms with Gasteiger partial charge in [0.15, 0.2) is 0 Å². The quantitative estimate of drug-likeness (QED) is 0.838. The number of nitrogens with zero attached hydrogens (tertiary/aromatic N) is 3. The minimum atomic E-state index is 0.736. The first-order valence-electron chi connectivity index (χ1n) is 6.71. The van der Waals surface area contributed by atoms with Crippen LogP contribution in [0.3, 0.4) is 0 Å². The van der Waals surface area contributed by atoms with Gasteiger partial charge < -0.3 is 5.32 Å². The van der Waals surface area contributed by atoms with Gasteiger partial charge in [-0.3, -0.25) is 9.58 Å². The Morgan fingerprint density at radius 3 is 2.76 bits per heavy atom. The number of hydrogen-bond donors (Lipinski definition) is 1. The zero-order valence-corrected chi connectivity index (χ0v) is 11.0. The van der Waals surface area contributed by atoms with E-state index >= 15 is 0 Å². The van der Waals surface area contributed by atoms with E-state index in [-0.39, 0.29) is 0 Å². The van der Waals surface area contributed by atoms with E-state index in [1.54, 1.807) is 0 Å². The van der Waals surface area contributed by atoms with Crippen molar-refractivity contribution in [2.75, 3.05) is 19.6 Å². The van der Waals surface area contributed by atoms with Gasteiger partial charge in [-0.05, 0) is 38.9 Å². The van der Waals surface area contributed by atoms with Crippen LogP contribution in [0.4, 0.5) is 0 Å². The van der Waals surface area contributed by atoms with Crippen LogP contribution < -0.4 is 5.32 Å². The predicted molar refractivity (Wildman–Crippen MR) is 69.8 cm³/mol. The van der Waals surface area contributed by atoms with Crippen LogP contribution in [0.1, 0.15) is 31.7 Å². The van der Waals surface area contributed by atoms with E-state index < -0.39 is 0 Å². The van der Waals surface area contributed by atoms with Crippen LogP contribution in [0.5, 0.6) is 0 Å². The second kappa shape index (κ2) is 6.17. The van der Waals surface area contributed by atoms with Crippen molar-refractivity contribution in [3.63, 3.8) is 0 Å². The van der Waals surface area contributed by atoms with Crippen LogP contribution in [0.2, 0.25) is 0 Å². The molecule has 0 aliphatic carbocycles. The molecule has 2 rings (SSSR count). The van der Waals surface area contributed by atoms with E-state index in [0.717, 1.165) is 19.1 Å². The van der Waals surface area contributed by atoms with Gasteiger partial charge in [-0.15, -0.1) is 0 Å². The molecule has 1 aromatic rings. The Hall–Kier alpha value is -0.870. The van der Waals surface area contributed by atoms with E-state index in [4.69, 9.17) is 0 Å². The zero-order valence-electron chi connectivity index (χ0n) is 11.0. The number of likely N-dealkylation sites (tertiary alicyclic amines) is 1. The highest BCUT2D eigenvalue weighted by Crippen LogP contribution is 2.13. The van der Waals surface area contributed by atoms with E-state index in [1.165, 1.54) is 37.9 Å². The first-order chi connectivity index (χ1) is 8.28. The van der Waals surface area contributed by atoms with Crippen LogP contribution in [0, 0.1) is 0 Å². The number of aromatic nitrogens is 2. The number of nitrogens with one attached hydrogen (secondary N) is 1. The molecule has 17 heavy (non-hydrogen) atoms. The van der Waals surface area contributed by atoms with Crippen molar-refractivity contribution < 1.29 is 0 Å². The maximum atomic E-state index is 4.22. The molecule has 0 aromatic carbocycles. The summed E-state index contributed by atoms with van der Waals surface area (Å²) in [6.07, 6.45) is 7.87. The molecule has 0 atom stereocenters. The summed E-state index contributed by atoms with van der Waals surface area (Å²) in [5.41, 5.74) is 1.33. The highest BCUT2D eigenvalue weighted by molar-refractivity contribution is 5.03. The van der Waals surface area contributed by atoms with Gasteiger partial charge in [0.2, 0.25) is 0 Å². The number of aryl methyl sites for hydroxylation is 1. The van der Waals surface area contributed by atoms with Crippen LogP contribution in [-0.2, 0) is 13.6 Å². The number of rotatable bonds is 5. The van der Waals surface area contributed by atoms with Crippen LogP contribution in [0.25, 0.3) is 0 Å². The lowest BCUT2D eigenvalue weighted by molar-refractivity contribution is 0.191. The molecule has 1 N–H and O–H groups in total. The van der Waals surface area contributed by atoms with Crippen molar-refractivity contribution in [3.05, 3.63) is 18.0 Å². The third-order valence-electron chi connectivity index (χ3n) is 3.44. The second-order valence-corrected chi connectivity index (χ2v) is 5.03. The normalized spacial score (nSPS) is 18.7. The first-order valence-corrected chi connectivity index (χ1v) is 6.71. The Morgan fingerprint density at radius 2 is 2.18 bits per heavy atom. The van der Waals surface area contributed by atoms with Gasteiger partial charge >= 0.3 is 0 Å². The third-order valence-corrected chi connectivity index (χ3v) is 3.44. The molecule has 1 aromatic heterocycles. The van der Waals surface area contributed by atoms with Gasteiger partial charge in [0, 0.05) is 31.4 Å². The minimum Gasteiger partial charge on any atom is -0.314 e. The number of piperidine rings is 1. The van der Waals surface area contributed by atoms with Crippen molar-refractivity contribution >= 4 is 0 Å². The molecule has 96 valence electrons. The summed E-state index contributed by atoms with van der Waals surface area (Å²) in [4.78, 5) is 2.53. The van der Waals surface area contributed by atoms with Crippen molar-refractivity contribution in [3.8, 4) is 0 Å². The van der Waals surface area contributed by atoms with E-state index in [9.17, 15) is 0 Å². The molecule has 0 amide bonds. The van der Waals surface area contributed by atoms with Gasteiger partial charge in [0.1, 0.15) is 0 Å². The van der Waals surface area contributed by atoms with Gasteiger partial charge in [-0.1, -0.05) is 6.92 Å². The van der Waals surface area contributed by atoms with Crippen molar-refractivity contribution in [2.45, 2.75) is 38.8 Å². The molecule has 4 nitrogen and oxygen atoms in total. The maximum absolute atomic E-state index is 4.22. The molecule has 0 unspecified atom stereocenters. The Labute approximate surface area is 104 Å². The molecule has 0 bridgehead atoms. The fourth-order valence-electron chi connectivity index (χ4n) is 2.46. The summed E-state index contributed by atoms with van der Waals surface area (Å²) in [5.74, 6) is 0. The van der Waals surface area contributed by atoms with Crippen LogP contribution in [-0.4, -0.2) is 40.4 Å². The average Bonchev–Trinajstić information content (AvgIpc) is 2.74. The summed E-state index contributed by atoms with van der Waals surface area (Å²) in [7, 11) is 1.98. The summed E-state index contributed by atoms with van der Waals surface area (Å²) in [6.45, 7) is 6.85. The van der Waals surface area contributed by atoms with Gasteiger partial charge in [0.05, 0.1) is 6.20 Å². The van der Waals surface area contributed by atoms with Crippen molar-refractivity contribution in [1.29, 1.82) is 0 Å². The van der Waals surface area contributed by atoms with E-state index in [1.807, 2.05) is 17.9 Å². The lowest BCUT2D eigenvalue weighted by Gasteiger charge is -2.32. The predicted octanol–water partition coefficient (Wildman–Crippen LogP) is 1.38. The summed E-state index contributed by atoms with van der Waals surface area (Å²) < 4.78 is 1.88. The second-order valence-electron chi connectivity index (χ2n) is 5.03. The van der Waals surface area contributed by atoms with Crippen molar-refractivity contribution in [1.82, 2.24) is 20.0 Å². The lowest BCUT2D eigenvalue weighted by Crippen LogP contribution is -2.42.